The number of fused-ring (bicyclic) bond motifs is 1. The van der Waals surface area contributed by atoms with Gasteiger partial charge in [0.2, 0.25) is 0 Å². The highest BCUT2D eigenvalue weighted by Crippen LogP contribution is 2.39. The molecule has 0 aliphatic carbocycles. The molecule has 1 atom stereocenters. The van der Waals surface area contributed by atoms with E-state index in [2.05, 4.69) is 15.9 Å². The normalized spacial score (nSPS) is 16.0. The molecule has 6 heteroatoms. The van der Waals surface area contributed by atoms with Gasteiger partial charge in [0.15, 0.2) is 0 Å². The number of amides is 2. The number of nitrogens with zero attached hydrogens (tertiary/aromatic N) is 2. The fraction of sp³-hybridized carbons (Fsp3) is 0.364. The fourth-order valence-corrected chi connectivity index (χ4v) is 3.90. The zero-order valence-electron chi connectivity index (χ0n) is 16.7. The summed E-state index contributed by atoms with van der Waals surface area (Å²) in [6.45, 7) is 8.58. The molecule has 2 amide bonds. The highest BCUT2D eigenvalue weighted by Gasteiger charge is 2.37. The SMILES string of the molecule is CCOC(=O)N1c2cc(C)c(C)cc2N(C(=O)c2cccc(Br)c2)CC1CC. The molecule has 0 aromatic heterocycles. The van der Waals surface area contributed by atoms with Crippen LogP contribution in [0.15, 0.2) is 40.9 Å². The number of anilines is 2. The lowest BCUT2D eigenvalue weighted by molar-refractivity contribution is 0.0981. The lowest BCUT2D eigenvalue weighted by atomic mass is 9.99. The average Bonchev–Trinajstić information content (AvgIpc) is 2.67. The van der Waals surface area contributed by atoms with E-state index in [-0.39, 0.29) is 18.0 Å². The van der Waals surface area contributed by atoms with Gasteiger partial charge in [-0.3, -0.25) is 9.69 Å². The molecule has 0 spiro atoms. The molecule has 0 radical (unpaired) electrons. The summed E-state index contributed by atoms with van der Waals surface area (Å²) >= 11 is 3.44. The van der Waals surface area contributed by atoms with Gasteiger partial charge in [-0.2, -0.15) is 0 Å². The Labute approximate surface area is 174 Å². The maximum Gasteiger partial charge on any atom is 0.414 e. The first-order valence-corrected chi connectivity index (χ1v) is 10.3. The number of halogens is 1. The smallest absolute Gasteiger partial charge is 0.414 e. The Kier molecular flexibility index (Phi) is 6.08. The molecule has 1 aliphatic heterocycles. The molecular formula is C22H25BrN2O3. The third kappa shape index (κ3) is 3.78. The third-order valence-electron chi connectivity index (χ3n) is 5.15. The first kappa shape index (κ1) is 20.4. The quantitative estimate of drug-likeness (QED) is 0.630. The van der Waals surface area contributed by atoms with Crippen LogP contribution in [-0.4, -0.2) is 31.2 Å². The van der Waals surface area contributed by atoms with Crippen molar-refractivity contribution in [1.29, 1.82) is 0 Å². The molecule has 1 unspecified atom stereocenters. The first-order chi connectivity index (χ1) is 13.4. The minimum absolute atomic E-state index is 0.0761. The molecule has 28 heavy (non-hydrogen) atoms. The maximum absolute atomic E-state index is 13.3. The zero-order valence-corrected chi connectivity index (χ0v) is 18.2. The van der Waals surface area contributed by atoms with Gasteiger partial charge in [-0.05, 0) is 68.7 Å². The van der Waals surface area contributed by atoms with E-state index in [4.69, 9.17) is 4.74 Å². The summed E-state index contributed by atoms with van der Waals surface area (Å²) < 4.78 is 6.17. The molecular weight excluding hydrogens is 420 g/mol. The highest BCUT2D eigenvalue weighted by molar-refractivity contribution is 9.10. The lowest BCUT2D eigenvalue weighted by Gasteiger charge is -2.42. The Morgan fingerprint density at radius 3 is 2.39 bits per heavy atom. The van der Waals surface area contributed by atoms with E-state index < -0.39 is 0 Å². The van der Waals surface area contributed by atoms with Crippen molar-refractivity contribution in [2.75, 3.05) is 23.0 Å². The second-order valence-corrected chi connectivity index (χ2v) is 7.90. The number of aryl methyl sites for hydroxylation is 2. The molecule has 1 aliphatic rings. The number of rotatable bonds is 3. The summed E-state index contributed by atoms with van der Waals surface area (Å²) in [6, 6.07) is 11.2. The number of hydrogen-bond donors (Lipinski definition) is 0. The van der Waals surface area contributed by atoms with Crippen molar-refractivity contribution in [2.45, 2.75) is 40.2 Å². The first-order valence-electron chi connectivity index (χ1n) is 9.52. The maximum atomic E-state index is 13.3. The van der Waals surface area contributed by atoms with Gasteiger partial charge in [0, 0.05) is 16.6 Å². The summed E-state index contributed by atoms with van der Waals surface area (Å²) in [4.78, 5) is 29.5. The molecule has 1 heterocycles. The van der Waals surface area contributed by atoms with Gasteiger partial charge < -0.3 is 9.64 Å². The van der Waals surface area contributed by atoms with E-state index >= 15 is 0 Å². The highest BCUT2D eigenvalue weighted by atomic mass is 79.9. The van der Waals surface area contributed by atoms with Crippen LogP contribution in [0.3, 0.4) is 0 Å². The van der Waals surface area contributed by atoms with Crippen LogP contribution in [0, 0.1) is 13.8 Å². The van der Waals surface area contributed by atoms with Gasteiger partial charge in [0.1, 0.15) is 0 Å². The molecule has 0 fully saturated rings. The van der Waals surface area contributed by atoms with Crippen molar-refractivity contribution in [3.05, 3.63) is 57.6 Å². The predicted octanol–water partition coefficient (Wildman–Crippen LogP) is 5.47. The molecule has 0 N–H and O–H groups in total. The van der Waals surface area contributed by atoms with E-state index in [0.29, 0.717) is 25.1 Å². The largest absolute Gasteiger partial charge is 0.449 e. The van der Waals surface area contributed by atoms with Crippen molar-refractivity contribution < 1.29 is 14.3 Å². The van der Waals surface area contributed by atoms with Crippen LogP contribution in [0.1, 0.15) is 41.8 Å². The van der Waals surface area contributed by atoms with Crippen molar-refractivity contribution in [3.8, 4) is 0 Å². The van der Waals surface area contributed by atoms with Crippen LogP contribution in [0.2, 0.25) is 0 Å². The molecule has 5 nitrogen and oxygen atoms in total. The minimum Gasteiger partial charge on any atom is -0.449 e. The summed E-state index contributed by atoms with van der Waals surface area (Å²) in [5.74, 6) is -0.0761. The summed E-state index contributed by atoms with van der Waals surface area (Å²) in [7, 11) is 0. The molecule has 2 aromatic carbocycles. The molecule has 148 valence electrons. The minimum atomic E-state index is -0.367. The molecule has 0 bridgehead atoms. The van der Waals surface area contributed by atoms with Crippen molar-refractivity contribution in [1.82, 2.24) is 0 Å². The van der Waals surface area contributed by atoms with Gasteiger partial charge >= 0.3 is 6.09 Å². The van der Waals surface area contributed by atoms with E-state index in [1.165, 1.54) is 0 Å². The van der Waals surface area contributed by atoms with Crippen molar-refractivity contribution in [2.24, 2.45) is 0 Å². The van der Waals surface area contributed by atoms with Gasteiger partial charge in [-0.15, -0.1) is 0 Å². The van der Waals surface area contributed by atoms with Crippen LogP contribution in [0.4, 0.5) is 16.2 Å². The Balaban J connectivity index is 2.13. The number of ether oxygens (including phenoxy) is 1. The van der Waals surface area contributed by atoms with E-state index in [0.717, 1.165) is 27.0 Å². The Bertz CT molecular complexity index is 913. The van der Waals surface area contributed by atoms with E-state index in [1.807, 2.05) is 57.2 Å². The Morgan fingerprint density at radius 1 is 1.11 bits per heavy atom. The van der Waals surface area contributed by atoms with Gasteiger partial charge in [0.25, 0.3) is 5.91 Å². The average molecular weight is 445 g/mol. The van der Waals surface area contributed by atoms with Gasteiger partial charge in [-0.25, -0.2) is 4.79 Å². The summed E-state index contributed by atoms with van der Waals surface area (Å²) in [5.41, 5.74) is 4.22. The number of benzene rings is 2. The fourth-order valence-electron chi connectivity index (χ4n) is 3.50. The van der Waals surface area contributed by atoms with Crippen LogP contribution in [-0.2, 0) is 4.74 Å². The van der Waals surface area contributed by atoms with Gasteiger partial charge in [-0.1, -0.05) is 28.9 Å². The molecule has 2 aromatic rings. The number of carbonyl (C=O) groups is 2. The summed E-state index contributed by atoms with van der Waals surface area (Å²) in [5, 5.41) is 0. The second kappa shape index (κ2) is 8.35. The molecule has 0 saturated heterocycles. The standard InChI is InChI=1S/C22H25BrN2O3/c1-5-18-13-24(21(26)16-8-7-9-17(23)12-16)19-10-14(3)15(4)11-20(19)25(18)22(27)28-6-2/h7-12,18H,5-6,13H2,1-4H3. The Morgan fingerprint density at radius 2 is 1.79 bits per heavy atom. The lowest BCUT2D eigenvalue weighted by Crippen LogP contribution is -2.53. The van der Waals surface area contributed by atoms with Gasteiger partial charge in [0.05, 0.1) is 24.0 Å². The summed E-state index contributed by atoms with van der Waals surface area (Å²) in [6.07, 6.45) is 0.349. The van der Waals surface area contributed by atoms with E-state index in [9.17, 15) is 9.59 Å². The van der Waals surface area contributed by atoms with Crippen LogP contribution in [0.5, 0.6) is 0 Å². The number of carbonyl (C=O) groups excluding carboxylic acids is 2. The van der Waals surface area contributed by atoms with Crippen LogP contribution in [0.25, 0.3) is 0 Å². The second-order valence-electron chi connectivity index (χ2n) is 6.98. The monoisotopic (exact) mass is 444 g/mol. The van der Waals surface area contributed by atoms with Crippen LogP contribution >= 0.6 is 15.9 Å². The van der Waals surface area contributed by atoms with Crippen molar-refractivity contribution in [3.63, 3.8) is 0 Å². The third-order valence-corrected chi connectivity index (χ3v) is 5.65. The zero-order chi connectivity index (χ0) is 20.4. The van der Waals surface area contributed by atoms with E-state index in [1.54, 1.807) is 16.7 Å². The van der Waals surface area contributed by atoms with Crippen LogP contribution < -0.4 is 9.80 Å². The topological polar surface area (TPSA) is 49.9 Å². The Hall–Kier alpha value is -2.34. The van der Waals surface area contributed by atoms with Crippen molar-refractivity contribution >= 4 is 39.3 Å². The molecule has 3 rings (SSSR count). The molecule has 0 saturated carbocycles. The predicted molar refractivity (Wildman–Crippen MR) is 115 cm³/mol. The number of hydrogen-bond acceptors (Lipinski definition) is 3.